The molecular weight excluding hydrogens is 865 g/mol. The van der Waals surface area contributed by atoms with Gasteiger partial charge in [-0.2, -0.15) is 0 Å². The van der Waals surface area contributed by atoms with Crippen molar-refractivity contribution >= 4 is 17.9 Å². The number of rotatable bonds is 50. The molecule has 0 aromatic rings. The van der Waals surface area contributed by atoms with E-state index >= 15 is 0 Å². The second kappa shape index (κ2) is 57.4. The van der Waals surface area contributed by atoms with Crippen LogP contribution in [-0.2, 0) is 28.6 Å². The number of hydrogen-bond acceptors (Lipinski definition) is 6. The molecule has 0 heterocycles. The Labute approximate surface area is 431 Å². The molecule has 1 atom stereocenters. The normalized spacial score (nSPS) is 13.0. The van der Waals surface area contributed by atoms with Gasteiger partial charge in [0.1, 0.15) is 13.2 Å². The Bertz CT molecular complexity index is 1490. The number of esters is 3. The Kier molecular flexibility index (Phi) is 54.0. The number of unbranched alkanes of at least 4 members (excludes halogenated alkanes) is 19. The molecule has 396 valence electrons. The quantitative estimate of drug-likeness (QED) is 0.0262. The zero-order valence-electron chi connectivity index (χ0n) is 45.2. The fraction of sp³-hybridized carbons (Fsp3) is 0.641. The summed E-state index contributed by atoms with van der Waals surface area (Å²) < 4.78 is 16.8. The highest BCUT2D eigenvalue weighted by Gasteiger charge is 2.19. The third-order valence-corrected chi connectivity index (χ3v) is 11.7. The predicted molar refractivity (Wildman–Crippen MR) is 302 cm³/mol. The Balaban J connectivity index is 4.39. The lowest BCUT2D eigenvalue weighted by Gasteiger charge is -2.18. The molecule has 0 aliphatic rings. The van der Waals surface area contributed by atoms with Crippen LogP contribution in [0.4, 0.5) is 0 Å². The third-order valence-electron chi connectivity index (χ3n) is 11.7. The molecule has 1 unspecified atom stereocenters. The average Bonchev–Trinajstić information content (AvgIpc) is 3.36. The summed E-state index contributed by atoms with van der Waals surface area (Å²) in [6, 6.07) is 0. The molecular formula is C64H104O6. The van der Waals surface area contributed by atoms with Crippen molar-refractivity contribution in [2.75, 3.05) is 13.2 Å². The molecule has 0 saturated heterocycles. The molecule has 0 aromatic heterocycles. The molecule has 0 N–H and O–H groups in total. The first-order chi connectivity index (χ1) is 34.5. The molecule has 6 nitrogen and oxygen atoms in total. The van der Waals surface area contributed by atoms with E-state index in [2.05, 4.69) is 142 Å². The van der Waals surface area contributed by atoms with Crippen LogP contribution in [0.1, 0.15) is 245 Å². The van der Waals surface area contributed by atoms with Gasteiger partial charge in [0.15, 0.2) is 6.10 Å². The van der Waals surface area contributed by atoms with E-state index in [4.69, 9.17) is 14.2 Å². The standard InChI is InChI=1S/C64H104O6/c1-4-7-10-13-16-19-21-23-25-27-28-29-30-31-32-33-34-35-36-37-39-40-42-45-48-51-54-57-63(66)69-60-61(59-68-62(65)56-53-50-47-44-18-15-12-9-6-3)70-64(67)58-55-52-49-46-43-41-38-26-24-22-20-17-14-11-8-5-2/h7,10,16,19-20,22-23,25-26,28-29,31-32,34-35,37-39,42,45,61H,4-6,8-9,11-15,17-18,21,24,27,30,33,36,40-41,43-44,46-60H2,1-3H3/b10-7-,19-16-,22-20-,25-23-,29-28-,32-31-,35-34-,38-26-,39-37-,45-42-. The molecule has 0 spiro atoms. The first-order valence-corrected chi connectivity index (χ1v) is 28.5. The van der Waals surface area contributed by atoms with Crippen LogP contribution in [0.3, 0.4) is 0 Å². The molecule has 0 aromatic carbocycles. The van der Waals surface area contributed by atoms with Gasteiger partial charge in [-0.15, -0.1) is 0 Å². The second-order valence-electron chi connectivity index (χ2n) is 18.5. The van der Waals surface area contributed by atoms with Crippen LogP contribution in [0.5, 0.6) is 0 Å². The summed E-state index contributed by atoms with van der Waals surface area (Å²) in [7, 11) is 0. The van der Waals surface area contributed by atoms with Crippen LogP contribution in [0.25, 0.3) is 0 Å². The third kappa shape index (κ3) is 54.7. The highest BCUT2D eigenvalue weighted by Crippen LogP contribution is 2.13. The molecule has 0 bridgehead atoms. The molecule has 70 heavy (non-hydrogen) atoms. The number of hydrogen-bond donors (Lipinski definition) is 0. The SMILES string of the molecule is CC/C=C\C/C=C\C/C=C\C/C=C\C/C=C\C/C=C\C/C=C\C/C=C\CCCCC(=O)OCC(COC(=O)CCCCCCCCCCC)OC(=O)CCCCCCC/C=C\C/C=C\CCCCCC. The van der Waals surface area contributed by atoms with E-state index < -0.39 is 6.10 Å². The van der Waals surface area contributed by atoms with Gasteiger partial charge in [-0.3, -0.25) is 14.4 Å². The van der Waals surface area contributed by atoms with Crippen molar-refractivity contribution in [3.8, 4) is 0 Å². The summed E-state index contributed by atoms with van der Waals surface area (Å²) in [4.78, 5) is 38.0. The minimum absolute atomic E-state index is 0.0990. The van der Waals surface area contributed by atoms with Gasteiger partial charge < -0.3 is 14.2 Å². The van der Waals surface area contributed by atoms with Crippen LogP contribution in [0, 0.1) is 0 Å². The summed E-state index contributed by atoms with van der Waals surface area (Å²) in [5.74, 6) is -0.965. The smallest absolute Gasteiger partial charge is 0.306 e. The zero-order chi connectivity index (χ0) is 50.7. The average molecular weight is 970 g/mol. The monoisotopic (exact) mass is 969 g/mol. The van der Waals surface area contributed by atoms with Crippen LogP contribution < -0.4 is 0 Å². The van der Waals surface area contributed by atoms with Crippen LogP contribution in [-0.4, -0.2) is 37.2 Å². The lowest BCUT2D eigenvalue weighted by Crippen LogP contribution is -2.30. The first-order valence-electron chi connectivity index (χ1n) is 28.5. The molecule has 0 radical (unpaired) electrons. The van der Waals surface area contributed by atoms with Crippen LogP contribution in [0.15, 0.2) is 122 Å². The van der Waals surface area contributed by atoms with E-state index in [1.807, 2.05) is 0 Å². The van der Waals surface area contributed by atoms with E-state index in [1.165, 1.54) is 70.6 Å². The summed E-state index contributed by atoms with van der Waals surface area (Å²) >= 11 is 0. The number of allylic oxidation sites excluding steroid dienone is 20. The summed E-state index contributed by atoms with van der Waals surface area (Å²) in [6.07, 6.45) is 79.1. The van der Waals surface area contributed by atoms with Crippen molar-refractivity contribution in [2.24, 2.45) is 0 Å². The molecule has 0 rings (SSSR count). The van der Waals surface area contributed by atoms with Crippen molar-refractivity contribution in [2.45, 2.75) is 252 Å². The zero-order valence-corrected chi connectivity index (χ0v) is 45.2. The lowest BCUT2D eigenvalue weighted by molar-refractivity contribution is -0.167. The van der Waals surface area contributed by atoms with Crippen molar-refractivity contribution in [1.82, 2.24) is 0 Å². The van der Waals surface area contributed by atoms with Gasteiger partial charge in [0, 0.05) is 19.3 Å². The molecule has 0 aliphatic heterocycles. The highest BCUT2D eigenvalue weighted by atomic mass is 16.6. The van der Waals surface area contributed by atoms with Crippen LogP contribution in [0.2, 0.25) is 0 Å². The Hall–Kier alpha value is -4.19. The second-order valence-corrected chi connectivity index (χ2v) is 18.5. The molecule has 0 amide bonds. The van der Waals surface area contributed by atoms with Crippen LogP contribution >= 0.6 is 0 Å². The number of ether oxygens (including phenoxy) is 3. The Morgan fingerprint density at radius 3 is 0.914 bits per heavy atom. The Morgan fingerprint density at radius 2 is 0.557 bits per heavy atom. The topological polar surface area (TPSA) is 78.9 Å². The molecule has 0 fully saturated rings. The maximum absolute atomic E-state index is 12.8. The van der Waals surface area contributed by atoms with E-state index in [0.717, 1.165) is 128 Å². The van der Waals surface area contributed by atoms with Gasteiger partial charge in [0.05, 0.1) is 0 Å². The van der Waals surface area contributed by atoms with Crippen molar-refractivity contribution < 1.29 is 28.6 Å². The van der Waals surface area contributed by atoms with Gasteiger partial charge in [0.25, 0.3) is 0 Å². The predicted octanol–water partition coefficient (Wildman–Crippen LogP) is 19.3. The van der Waals surface area contributed by atoms with Gasteiger partial charge >= 0.3 is 17.9 Å². The Morgan fingerprint density at radius 1 is 0.300 bits per heavy atom. The van der Waals surface area contributed by atoms with E-state index in [0.29, 0.717) is 25.7 Å². The van der Waals surface area contributed by atoms with Crippen molar-refractivity contribution in [3.63, 3.8) is 0 Å². The van der Waals surface area contributed by atoms with E-state index in [1.54, 1.807) is 0 Å². The number of carbonyl (C=O) groups excluding carboxylic acids is 3. The highest BCUT2D eigenvalue weighted by molar-refractivity contribution is 5.71. The summed E-state index contributed by atoms with van der Waals surface area (Å²) in [6.45, 7) is 6.43. The van der Waals surface area contributed by atoms with Gasteiger partial charge in [0.2, 0.25) is 0 Å². The minimum Gasteiger partial charge on any atom is -0.462 e. The number of carbonyl (C=O) groups is 3. The molecule has 6 heteroatoms. The first kappa shape index (κ1) is 65.8. The van der Waals surface area contributed by atoms with Crippen molar-refractivity contribution in [1.29, 1.82) is 0 Å². The molecule has 0 aliphatic carbocycles. The van der Waals surface area contributed by atoms with E-state index in [9.17, 15) is 14.4 Å². The van der Waals surface area contributed by atoms with Crippen molar-refractivity contribution in [3.05, 3.63) is 122 Å². The fourth-order valence-electron chi connectivity index (χ4n) is 7.43. The maximum Gasteiger partial charge on any atom is 0.306 e. The molecule has 0 saturated carbocycles. The largest absolute Gasteiger partial charge is 0.462 e. The maximum atomic E-state index is 12.8. The van der Waals surface area contributed by atoms with E-state index in [-0.39, 0.29) is 31.1 Å². The summed E-state index contributed by atoms with van der Waals surface area (Å²) in [5, 5.41) is 0. The summed E-state index contributed by atoms with van der Waals surface area (Å²) in [5.41, 5.74) is 0. The van der Waals surface area contributed by atoms with Gasteiger partial charge in [-0.1, -0.05) is 232 Å². The van der Waals surface area contributed by atoms with Gasteiger partial charge in [-0.25, -0.2) is 0 Å². The fourth-order valence-corrected chi connectivity index (χ4v) is 7.43. The minimum atomic E-state index is -0.804. The van der Waals surface area contributed by atoms with Gasteiger partial charge in [-0.05, 0) is 116 Å². The lowest BCUT2D eigenvalue weighted by atomic mass is 10.1.